The van der Waals surface area contributed by atoms with E-state index in [-0.39, 0.29) is 0 Å². The molecule has 1 aliphatic heterocycles. The van der Waals surface area contributed by atoms with Crippen LogP contribution >= 0.6 is 35.2 Å². The Morgan fingerprint density at radius 1 is 1.73 bits per heavy atom. The molecular formula is C9H9ClN2OS2. The number of hydrogen-bond acceptors (Lipinski definition) is 5. The fourth-order valence-electron chi connectivity index (χ4n) is 1.28. The van der Waals surface area contributed by atoms with Crippen molar-refractivity contribution in [2.75, 3.05) is 13.7 Å². The monoisotopic (exact) mass is 260 g/mol. The first-order valence-corrected chi connectivity index (χ1v) is 5.94. The summed E-state index contributed by atoms with van der Waals surface area (Å²) in [6, 6.07) is 0. The maximum atomic E-state index is 5.76. The molecule has 1 aliphatic rings. The molecule has 0 N–H and O–H groups in total. The molecule has 0 saturated heterocycles. The summed E-state index contributed by atoms with van der Waals surface area (Å²) in [6.45, 7) is 1.34. The number of rotatable bonds is 3. The maximum Gasteiger partial charge on any atom is 0.186 e. The molecule has 0 aliphatic carbocycles. The van der Waals surface area contributed by atoms with Gasteiger partial charge in [0.05, 0.1) is 12.2 Å². The Kier molecular flexibility index (Phi) is 3.23. The molecular weight excluding hydrogens is 252 g/mol. The number of thiazole rings is 1. The molecule has 2 heterocycles. The van der Waals surface area contributed by atoms with E-state index in [1.165, 1.54) is 11.3 Å². The average molecular weight is 261 g/mol. The largest absolute Gasteiger partial charge is 0.477 e. The van der Waals surface area contributed by atoms with E-state index < -0.39 is 0 Å². The van der Waals surface area contributed by atoms with Crippen molar-refractivity contribution in [3.05, 3.63) is 27.3 Å². The summed E-state index contributed by atoms with van der Waals surface area (Å²) in [5.41, 5.74) is 1.09. The number of ether oxygens (including phenoxy) is 1. The molecule has 0 amide bonds. The van der Waals surface area contributed by atoms with Gasteiger partial charge in [-0.05, 0) is 12.2 Å². The summed E-state index contributed by atoms with van der Waals surface area (Å²) < 4.78 is 5.76. The molecule has 6 heteroatoms. The quantitative estimate of drug-likeness (QED) is 0.780. The normalized spacial score (nSPS) is 15.1. The summed E-state index contributed by atoms with van der Waals surface area (Å²) in [5, 5.41) is 0.555. The number of halogens is 1. The Balaban J connectivity index is 2.01. The van der Waals surface area contributed by atoms with E-state index in [1.807, 2.05) is 13.1 Å². The average Bonchev–Trinajstić information content (AvgIpc) is 2.75. The van der Waals surface area contributed by atoms with Crippen LogP contribution in [-0.4, -0.2) is 28.6 Å². The van der Waals surface area contributed by atoms with Crippen molar-refractivity contribution < 1.29 is 4.74 Å². The van der Waals surface area contributed by atoms with Gasteiger partial charge in [-0.25, -0.2) is 4.98 Å². The van der Waals surface area contributed by atoms with Gasteiger partial charge in [-0.3, -0.25) is 0 Å². The SMILES string of the molecule is CN(Cc1cnc(Cl)s1)C1=CC(=S)OC1. The summed E-state index contributed by atoms with van der Waals surface area (Å²) in [6.07, 6.45) is 3.66. The Labute approximate surface area is 102 Å². The molecule has 80 valence electrons. The second-order valence-electron chi connectivity index (χ2n) is 3.18. The minimum absolute atomic E-state index is 0.555. The number of thiocarbonyl (C=S) groups is 1. The van der Waals surface area contributed by atoms with Gasteiger partial charge >= 0.3 is 0 Å². The fraction of sp³-hybridized carbons (Fsp3) is 0.333. The van der Waals surface area contributed by atoms with Crippen molar-refractivity contribution in [3.63, 3.8) is 0 Å². The smallest absolute Gasteiger partial charge is 0.186 e. The molecule has 0 aromatic carbocycles. The second-order valence-corrected chi connectivity index (χ2v) is 5.28. The molecule has 0 fully saturated rings. The predicted molar refractivity (Wildman–Crippen MR) is 65.2 cm³/mol. The second kappa shape index (κ2) is 4.47. The Bertz CT molecular complexity index is 416. The van der Waals surface area contributed by atoms with Crippen LogP contribution < -0.4 is 0 Å². The highest BCUT2D eigenvalue weighted by Gasteiger charge is 2.14. The van der Waals surface area contributed by atoms with Crippen molar-refractivity contribution in [2.24, 2.45) is 0 Å². The highest BCUT2D eigenvalue weighted by atomic mass is 35.5. The van der Waals surface area contributed by atoms with Gasteiger partial charge in [0.1, 0.15) is 6.61 Å². The lowest BCUT2D eigenvalue weighted by molar-refractivity contribution is 0.305. The minimum atomic E-state index is 0.555. The predicted octanol–water partition coefficient (Wildman–Crippen LogP) is 2.47. The highest BCUT2D eigenvalue weighted by molar-refractivity contribution is 7.80. The topological polar surface area (TPSA) is 25.4 Å². The molecule has 1 aromatic rings. The molecule has 0 spiro atoms. The summed E-state index contributed by atoms with van der Waals surface area (Å²) in [7, 11) is 2.00. The number of aromatic nitrogens is 1. The van der Waals surface area contributed by atoms with Crippen molar-refractivity contribution >= 4 is 40.2 Å². The first-order chi connectivity index (χ1) is 7.15. The summed E-state index contributed by atoms with van der Waals surface area (Å²) in [5.74, 6) is 0. The van der Waals surface area contributed by atoms with E-state index in [2.05, 4.69) is 9.88 Å². The zero-order chi connectivity index (χ0) is 10.8. The Morgan fingerprint density at radius 2 is 2.53 bits per heavy atom. The lowest BCUT2D eigenvalue weighted by Gasteiger charge is -2.17. The van der Waals surface area contributed by atoms with Gasteiger partial charge in [-0.2, -0.15) is 0 Å². The Morgan fingerprint density at radius 3 is 3.07 bits per heavy atom. The molecule has 0 atom stereocenters. The maximum absolute atomic E-state index is 5.76. The van der Waals surface area contributed by atoms with Crippen molar-refractivity contribution in [2.45, 2.75) is 6.54 Å². The molecule has 0 bridgehead atoms. The van der Waals surface area contributed by atoms with E-state index in [9.17, 15) is 0 Å². The third-order valence-electron chi connectivity index (χ3n) is 2.06. The van der Waals surface area contributed by atoms with Crippen LogP contribution in [0.4, 0.5) is 0 Å². The van der Waals surface area contributed by atoms with Crippen molar-refractivity contribution in [1.82, 2.24) is 9.88 Å². The van der Waals surface area contributed by atoms with Crippen LogP contribution in [0.5, 0.6) is 0 Å². The molecule has 0 radical (unpaired) electrons. The van der Waals surface area contributed by atoms with Crippen LogP contribution in [0.3, 0.4) is 0 Å². The third-order valence-corrected chi connectivity index (χ3v) is 3.39. The van der Waals surface area contributed by atoms with Gasteiger partial charge < -0.3 is 9.64 Å². The van der Waals surface area contributed by atoms with E-state index >= 15 is 0 Å². The van der Waals surface area contributed by atoms with E-state index in [0.29, 0.717) is 16.1 Å². The van der Waals surface area contributed by atoms with Crippen LogP contribution in [0, 0.1) is 0 Å². The lowest BCUT2D eigenvalue weighted by atomic mass is 10.4. The van der Waals surface area contributed by atoms with E-state index in [1.54, 1.807) is 6.20 Å². The Hall–Kier alpha value is -0.650. The van der Waals surface area contributed by atoms with E-state index in [4.69, 9.17) is 28.6 Å². The number of likely N-dealkylation sites (N-methyl/N-ethyl adjacent to an activating group) is 1. The fourth-order valence-corrected chi connectivity index (χ4v) is 2.50. The zero-order valence-electron chi connectivity index (χ0n) is 8.07. The molecule has 0 unspecified atom stereocenters. The van der Waals surface area contributed by atoms with Crippen molar-refractivity contribution in [1.29, 1.82) is 0 Å². The number of nitrogens with zero attached hydrogens (tertiary/aromatic N) is 2. The van der Waals surface area contributed by atoms with Gasteiger partial charge in [0.2, 0.25) is 0 Å². The van der Waals surface area contributed by atoms with Gasteiger partial charge in [0.25, 0.3) is 0 Å². The van der Waals surface area contributed by atoms with Gasteiger partial charge in [0, 0.05) is 24.2 Å². The third kappa shape index (κ3) is 2.68. The first-order valence-electron chi connectivity index (χ1n) is 4.34. The van der Waals surface area contributed by atoms with Crippen LogP contribution in [0.25, 0.3) is 0 Å². The first kappa shape index (κ1) is 10.9. The van der Waals surface area contributed by atoms with Crippen LogP contribution in [0.15, 0.2) is 18.0 Å². The van der Waals surface area contributed by atoms with Gasteiger partial charge in [-0.15, -0.1) is 11.3 Å². The molecule has 15 heavy (non-hydrogen) atoms. The molecule has 3 nitrogen and oxygen atoms in total. The molecule has 0 saturated carbocycles. The molecule has 1 aromatic heterocycles. The van der Waals surface area contributed by atoms with Crippen molar-refractivity contribution in [3.8, 4) is 0 Å². The van der Waals surface area contributed by atoms with Gasteiger partial charge in [0.15, 0.2) is 9.52 Å². The summed E-state index contributed by atoms with van der Waals surface area (Å²) in [4.78, 5) is 7.20. The summed E-state index contributed by atoms with van der Waals surface area (Å²) >= 11 is 12.2. The lowest BCUT2D eigenvalue weighted by Crippen LogP contribution is -2.17. The molecule has 2 rings (SSSR count). The van der Waals surface area contributed by atoms with Crippen LogP contribution in [0.2, 0.25) is 4.47 Å². The zero-order valence-corrected chi connectivity index (χ0v) is 10.5. The van der Waals surface area contributed by atoms with Crippen LogP contribution in [-0.2, 0) is 11.3 Å². The van der Waals surface area contributed by atoms with Crippen LogP contribution in [0.1, 0.15) is 4.88 Å². The van der Waals surface area contributed by atoms with E-state index in [0.717, 1.165) is 17.1 Å². The standard InChI is InChI=1S/C9H9ClN2OS2/c1-12(6-2-8(14)13-5-6)4-7-3-11-9(10)15-7/h2-3H,4-5H2,1H3. The number of hydrogen-bond donors (Lipinski definition) is 0. The minimum Gasteiger partial charge on any atom is -0.477 e. The van der Waals surface area contributed by atoms with Gasteiger partial charge in [-0.1, -0.05) is 11.6 Å². The highest BCUT2D eigenvalue weighted by Crippen LogP contribution is 2.21.